The van der Waals surface area contributed by atoms with Crippen LogP contribution in [0.2, 0.25) is 0 Å². The topological polar surface area (TPSA) is 44.5 Å². The van der Waals surface area contributed by atoms with E-state index in [2.05, 4.69) is 22.0 Å². The van der Waals surface area contributed by atoms with E-state index >= 15 is 0 Å². The molecule has 0 fully saturated rings. The predicted octanol–water partition coefficient (Wildman–Crippen LogP) is 4.36. The Morgan fingerprint density at radius 3 is 2.62 bits per heavy atom. The number of hydrogen-bond donors (Lipinski definition) is 1. The molecule has 3 nitrogen and oxygen atoms in total. The minimum Gasteiger partial charge on any atom is -0.497 e. The van der Waals surface area contributed by atoms with Crippen LogP contribution in [0.25, 0.3) is 0 Å². The zero-order valence-electron chi connectivity index (χ0n) is 12.5. The second-order valence-corrected chi connectivity index (χ2v) is 5.93. The van der Waals surface area contributed by atoms with Gasteiger partial charge >= 0.3 is 0 Å². The van der Waals surface area contributed by atoms with E-state index in [1.54, 1.807) is 7.11 Å². The average Bonchev–Trinajstić information content (AvgIpc) is 2.47. The van der Waals surface area contributed by atoms with E-state index in [1.165, 1.54) is 5.56 Å². The van der Waals surface area contributed by atoms with Crippen LogP contribution in [0, 0.1) is 6.92 Å². The van der Waals surface area contributed by atoms with Gasteiger partial charge in [-0.25, -0.2) is 0 Å². The molecule has 2 aromatic carbocycles. The standard InChI is InChI=1S/C17H20BrNO2/c1-11-4-7-17(15(8-11)12(2)19)21-10-13-9-14(20-3)5-6-16(13)18/h4-9,12H,10,19H2,1-3H3/t12-/m0/s1. The number of ether oxygens (including phenoxy) is 2. The lowest BCUT2D eigenvalue weighted by molar-refractivity contribution is 0.299. The van der Waals surface area contributed by atoms with Crippen molar-refractivity contribution in [3.8, 4) is 11.5 Å². The maximum absolute atomic E-state index is 6.02. The molecule has 0 heterocycles. The fourth-order valence-electron chi connectivity index (χ4n) is 2.10. The summed E-state index contributed by atoms with van der Waals surface area (Å²) in [6.07, 6.45) is 0. The summed E-state index contributed by atoms with van der Waals surface area (Å²) < 4.78 is 12.2. The van der Waals surface area contributed by atoms with Gasteiger partial charge in [0.15, 0.2) is 0 Å². The fraction of sp³-hybridized carbons (Fsp3) is 0.294. The first kappa shape index (κ1) is 15.9. The zero-order valence-corrected chi connectivity index (χ0v) is 14.1. The lowest BCUT2D eigenvalue weighted by atomic mass is 10.1. The van der Waals surface area contributed by atoms with Gasteiger partial charge in [-0.3, -0.25) is 0 Å². The first-order chi connectivity index (χ1) is 10.0. The summed E-state index contributed by atoms with van der Waals surface area (Å²) in [5, 5.41) is 0. The van der Waals surface area contributed by atoms with Crippen molar-refractivity contribution in [2.24, 2.45) is 5.73 Å². The molecular formula is C17H20BrNO2. The molecule has 0 aliphatic rings. The van der Waals surface area contributed by atoms with Crippen LogP contribution in [-0.2, 0) is 6.61 Å². The Kier molecular flexibility index (Phi) is 5.26. The van der Waals surface area contributed by atoms with Gasteiger partial charge in [-0.15, -0.1) is 0 Å². The Labute approximate surface area is 134 Å². The smallest absolute Gasteiger partial charge is 0.124 e. The van der Waals surface area contributed by atoms with E-state index in [0.29, 0.717) is 6.61 Å². The lowest BCUT2D eigenvalue weighted by Crippen LogP contribution is -2.08. The van der Waals surface area contributed by atoms with Crippen molar-refractivity contribution >= 4 is 15.9 Å². The van der Waals surface area contributed by atoms with Crippen molar-refractivity contribution < 1.29 is 9.47 Å². The monoisotopic (exact) mass is 349 g/mol. The molecule has 2 rings (SSSR count). The highest BCUT2D eigenvalue weighted by Crippen LogP contribution is 2.28. The van der Waals surface area contributed by atoms with E-state index < -0.39 is 0 Å². The molecule has 21 heavy (non-hydrogen) atoms. The highest BCUT2D eigenvalue weighted by atomic mass is 79.9. The first-order valence-electron chi connectivity index (χ1n) is 6.82. The van der Waals surface area contributed by atoms with Crippen molar-refractivity contribution in [1.29, 1.82) is 0 Å². The molecule has 0 saturated heterocycles. The highest BCUT2D eigenvalue weighted by Gasteiger charge is 2.10. The van der Waals surface area contributed by atoms with Gasteiger partial charge in [-0.2, -0.15) is 0 Å². The van der Waals surface area contributed by atoms with Crippen molar-refractivity contribution in [1.82, 2.24) is 0 Å². The quantitative estimate of drug-likeness (QED) is 0.871. The third-order valence-corrected chi connectivity index (χ3v) is 4.07. The van der Waals surface area contributed by atoms with E-state index in [-0.39, 0.29) is 6.04 Å². The summed E-state index contributed by atoms with van der Waals surface area (Å²) in [7, 11) is 1.65. The molecule has 0 unspecified atom stereocenters. The molecule has 0 aliphatic heterocycles. The largest absolute Gasteiger partial charge is 0.497 e. The second kappa shape index (κ2) is 6.96. The zero-order chi connectivity index (χ0) is 15.4. The van der Waals surface area contributed by atoms with Crippen molar-refractivity contribution in [2.45, 2.75) is 26.5 Å². The number of hydrogen-bond acceptors (Lipinski definition) is 3. The molecule has 2 N–H and O–H groups in total. The fourth-order valence-corrected chi connectivity index (χ4v) is 2.46. The van der Waals surface area contributed by atoms with Crippen LogP contribution in [-0.4, -0.2) is 7.11 Å². The van der Waals surface area contributed by atoms with Crippen LogP contribution < -0.4 is 15.2 Å². The van der Waals surface area contributed by atoms with E-state index in [0.717, 1.165) is 27.1 Å². The summed E-state index contributed by atoms with van der Waals surface area (Å²) in [4.78, 5) is 0. The number of aryl methyl sites for hydroxylation is 1. The van der Waals surface area contributed by atoms with Crippen LogP contribution >= 0.6 is 15.9 Å². The molecule has 0 amide bonds. The molecule has 0 spiro atoms. The second-order valence-electron chi connectivity index (χ2n) is 5.08. The molecule has 0 aliphatic carbocycles. The molecule has 1 atom stereocenters. The molecule has 0 saturated carbocycles. The van der Waals surface area contributed by atoms with Crippen LogP contribution in [0.1, 0.15) is 29.7 Å². The number of benzene rings is 2. The predicted molar refractivity (Wildman–Crippen MR) is 88.8 cm³/mol. The normalized spacial score (nSPS) is 12.0. The summed E-state index contributed by atoms with van der Waals surface area (Å²) in [6, 6.07) is 11.8. The minimum atomic E-state index is -0.0614. The number of methoxy groups -OCH3 is 1. The van der Waals surface area contributed by atoms with E-state index in [4.69, 9.17) is 15.2 Å². The highest BCUT2D eigenvalue weighted by molar-refractivity contribution is 9.10. The molecule has 0 bridgehead atoms. The number of nitrogens with two attached hydrogens (primary N) is 1. The van der Waals surface area contributed by atoms with Gasteiger partial charge in [0.25, 0.3) is 0 Å². The van der Waals surface area contributed by atoms with Crippen LogP contribution in [0.3, 0.4) is 0 Å². The van der Waals surface area contributed by atoms with Crippen LogP contribution in [0.15, 0.2) is 40.9 Å². The van der Waals surface area contributed by atoms with Crippen molar-refractivity contribution in [3.63, 3.8) is 0 Å². The summed E-state index contributed by atoms with van der Waals surface area (Å²) in [6.45, 7) is 4.47. The third-order valence-electron chi connectivity index (χ3n) is 3.29. The number of rotatable bonds is 5. The SMILES string of the molecule is COc1ccc(Br)c(COc2ccc(C)cc2[C@H](C)N)c1. The molecule has 2 aromatic rings. The molecule has 112 valence electrons. The molecular weight excluding hydrogens is 330 g/mol. The van der Waals surface area contributed by atoms with Gasteiger partial charge in [0.1, 0.15) is 18.1 Å². The minimum absolute atomic E-state index is 0.0614. The summed E-state index contributed by atoms with van der Waals surface area (Å²) in [5.74, 6) is 1.64. The van der Waals surface area contributed by atoms with Gasteiger partial charge < -0.3 is 15.2 Å². The Balaban J connectivity index is 2.20. The average molecular weight is 350 g/mol. The van der Waals surface area contributed by atoms with Crippen LogP contribution in [0.4, 0.5) is 0 Å². The maximum Gasteiger partial charge on any atom is 0.124 e. The van der Waals surface area contributed by atoms with Crippen molar-refractivity contribution in [3.05, 3.63) is 57.6 Å². The Hall–Kier alpha value is -1.52. The van der Waals surface area contributed by atoms with Gasteiger partial charge in [0.2, 0.25) is 0 Å². The van der Waals surface area contributed by atoms with Crippen LogP contribution in [0.5, 0.6) is 11.5 Å². The lowest BCUT2D eigenvalue weighted by Gasteiger charge is -2.15. The first-order valence-corrected chi connectivity index (χ1v) is 7.62. The van der Waals surface area contributed by atoms with E-state index in [9.17, 15) is 0 Å². The Morgan fingerprint density at radius 2 is 1.95 bits per heavy atom. The van der Waals surface area contributed by atoms with Gasteiger partial charge in [0.05, 0.1) is 7.11 Å². The van der Waals surface area contributed by atoms with Gasteiger partial charge in [-0.1, -0.05) is 33.6 Å². The molecule has 4 heteroatoms. The Morgan fingerprint density at radius 1 is 1.19 bits per heavy atom. The molecule has 0 radical (unpaired) electrons. The van der Waals surface area contributed by atoms with Crippen molar-refractivity contribution in [2.75, 3.05) is 7.11 Å². The molecule has 0 aromatic heterocycles. The van der Waals surface area contributed by atoms with Gasteiger partial charge in [0, 0.05) is 21.6 Å². The maximum atomic E-state index is 6.02. The summed E-state index contributed by atoms with van der Waals surface area (Å²) >= 11 is 3.53. The Bertz CT molecular complexity index is 626. The number of halogens is 1. The summed E-state index contributed by atoms with van der Waals surface area (Å²) in [5.41, 5.74) is 9.25. The van der Waals surface area contributed by atoms with Gasteiger partial charge in [-0.05, 0) is 38.1 Å². The van der Waals surface area contributed by atoms with E-state index in [1.807, 2.05) is 44.2 Å². The third kappa shape index (κ3) is 3.99.